The Labute approximate surface area is 97.4 Å². The Morgan fingerprint density at radius 3 is 2.19 bits per heavy atom. The van der Waals surface area contributed by atoms with Crippen molar-refractivity contribution in [2.24, 2.45) is 0 Å². The fourth-order valence-corrected chi connectivity index (χ4v) is 2.95. The number of rotatable bonds is 3. The van der Waals surface area contributed by atoms with Gasteiger partial charge < -0.3 is 10.6 Å². The number of benzene rings is 1. The predicted octanol–water partition coefficient (Wildman–Crippen LogP) is 3.18. The molecule has 0 bridgehead atoms. The first-order valence-corrected chi connectivity index (χ1v) is 6.49. The average molecular weight is 216 g/mol. The molecule has 0 aliphatic heterocycles. The fraction of sp³-hybridized carbons (Fsp3) is 0.571. The summed E-state index contributed by atoms with van der Waals surface area (Å²) in [6.45, 7) is 0. The zero-order valence-electron chi connectivity index (χ0n) is 9.73. The maximum absolute atomic E-state index is 6.11. The van der Waals surface area contributed by atoms with E-state index >= 15 is 0 Å². The highest BCUT2D eigenvalue weighted by Crippen LogP contribution is 2.40. The molecule has 2 nitrogen and oxygen atoms in total. The van der Waals surface area contributed by atoms with E-state index in [1.165, 1.54) is 44.2 Å². The summed E-state index contributed by atoms with van der Waals surface area (Å²) in [7, 11) is 0. The molecule has 0 radical (unpaired) electrons. The van der Waals surface area contributed by atoms with Crippen LogP contribution in [0.5, 0.6) is 0 Å². The van der Waals surface area contributed by atoms with Gasteiger partial charge in [0.1, 0.15) is 0 Å². The molecule has 0 heterocycles. The summed E-state index contributed by atoms with van der Waals surface area (Å²) in [5, 5.41) is 0. The highest BCUT2D eigenvalue weighted by Gasteiger charge is 2.35. The van der Waals surface area contributed by atoms with Crippen LogP contribution in [0.2, 0.25) is 0 Å². The van der Waals surface area contributed by atoms with Crippen LogP contribution >= 0.6 is 0 Å². The Hall–Kier alpha value is -1.18. The molecule has 2 N–H and O–H groups in total. The Morgan fingerprint density at radius 1 is 0.938 bits per heavy atom. The molecule has 1 aromatic carbocycles. The normalized spacial score (nSPS) is 21.2. The number of nitrogens with zero attached hydrogens (tertiary/aromatic N) is 1. The molecule has 2 aliphatic rings. The predicted molar refractivity (Wildman–Crippen MR) is 68.6 cm³/mol. The fourth-order valence-electron chi connectivity index (χ4n) is 2.95. The van der Waals surface area contributed by atoms with E-state index in [9.17, 15) is 0 Å². The van der Waals surface area contributed by atoms with Gasteiger partial charge in [0, 0.05) is 12.1 Å². The lowest BCUT2D eigenvalue weighted by Crippen LogP contribution is -2.35. The van der Waals surface area contributed by atoms with Gasteiger partial charge in [-0.2, -0.15) is 0 Å². The lowest BCUT2D eigenvalue weighted by molar-refractivity contribution is 0.603. The molecule has 86 valence electrons. The topological polar surface area (TPSA) is 29.3 Å². The van der Waals surface area contributed by atoms with Crippen LogP contribution < -0.4 is 10.6 Å². The van der Waals surface area contributed by atoms with E-state index in [2.05, 4.69) is 17.0 Å². The molecule has 1 aromatic rings. The van der Waals surface area contributed by atoms with E-state index in [0.717, 1.165) is 17.8 Å². The molecule has 0 saturated heterocycles. The van der Waals surface area contributed by atoms with Crippen molar-refractivity contribution in [2.75, 3.05) is 10.6 Å². The summed E-state index contributed by atoms with van der Waals surface area (Å²) < 4.78 is 0. The molecule has 0 atom stereocenters. The van der Waals surface area contributed by atoms with E-state index in [-0.39, 0.29) is 0 Å². The first-order chi connectivity index (χ1) is 7.86. The van der Waals surface area contributed by atoms with Gasteiger partial charge in [-0.25, -0.2) is 0 Å². The van der Waals surface area contributed by atoms with Crippen LogP contribution in [0, 0.1) is 0 Å². The van der Waals surface area contributed by atoms with Crippen molar-refractivity contribution >= 4 is 11.4 Å². The molecule has 2 saturated carbocycles. The molecule has 2 fully saturated rings. The summed E-state index contributed by atoms with van der Waals surface area (Å²) in [5.74, 6) is 0. The molecular formula is C14H20N2. The number of hydrogen-bond acceptors (Lipinski definition) is 2. The molecule has 0 aromatic heterocycles. The SMILES string of the molecule is Nc1ccccc1N(C1CCCC1)C1CC1. The van der Waals surface area contributed by atoms with Crippen molar-refractivity contribution in [3.8, 4) is 0 Å². The Morgan fingerprint density at radius 2 is 1.56 bits per heavy atom. The minimum atomic E-state index is 0.747. The quantitative estimate of drug-likeness (QED) is 0.786. The van der Waals surface area contributed by atoms with Gasteiger partial charge in [0.15, 0.2) is 0 Å². The maximum Gasteiger partial charge on any atom is 0.0604 e. The monoisotopic (exact) mass is 216 g/mol. The van der Waals surface area contributed by atoms with Gasteiger partial charge in [-0.3, -0.25) is 0 Å². The first kappa shape index (κ1) is 10.0. The van der Waals surface area contributed by atoms with Gasteiger partial charge >= 0.3 is 0 Å². The summed E-state index contributed by atoms with van der Waals surface area (Å²) >= 11 is 0. The number of hydrogen-bond donors (Lipinski definition) is 1. The van der Waals surface area contributed by atoms with Crippen LogP contribution in [-0.2, 0) is 0 Å². The zero-order valence-corrected chi connectivity index (χ0v) is 9.73. The van der Waals surface area contributed by atoms with Crippen LogP contribution in [0.3, 0.4) is 0 Å². The summed E-state index contributed by atoms with van der Waals surface area (Å²) in [4.78, 5) is 2.61. The smallest absolute Gasteiger partial charge is 0.0604 e. The molecule has 16 heavy (non-hydrogen) atoms. The van der Waals surface area contributed by atoms with Crippen molar-refractivity contribution < 1.29 is 0 Å². The van der Waals surface area contributed by atoms with Crippen molar-refractivity contribution in [2.45, 2.75) is 50.6 Å². The van der Waals surface area contributed by atoms with E-state index < -0.39 is 0 Å². The summed E-state index contributed by atoms with van der Waals surface area (Å²) in [5.41, 5.74) is 8.33. The third kappa shape index (κ3) is 1.77. The van der Waals surface area contributed by atoms with Crippen LogP contribution in [0.15, 0.2) is 24.3 Å². The van der Waals surface area contributed by atoms with Crippen LogP contribution in [0.1, 0.15) is 38.5 Å². The minimum Gasteiger partial charge on any atom is -0.397 e. The number of nitrogen functional groups attached to an aromatic ring is 1. The second-order valence-corrected chi connectivity index (χ2v) is 5.14. The van der Waals surface area contributed by atoms with Gasteiger partial charge in [-0.15, -0.1) is 0 Å². The molecule has 3 rings (SSSR count). The van der Waals surface area contributed by atoms with E-state index in [4.69, 9.17) is 5.73 Å². The molecule has 0 unspecified atom stereocenters. The van der Waals surface area contributed by atoms with E-state index in [0.29, 0.717) is 0 Å². The zero-order chi connectivity index (χ0) is 11.0. The van der Waals surface area contributed by atoms with E-state index in [1.54, 1.807) is 0 Å². The van der Waals surface area contributed by atoms with Crippen molar-refractivity contribution in [1.82, 2.24) is 0 Å². The largest absolute Gasteiger partial charge is 0.397 e. The van der Waals surface area contributed by atoms with Gasteiger partial charge in [0.25, 0.3) is 0 Å². The van der Waals surface area contributed by atoms with Crippen LogP contribution in [0.4, 0.5) is 11.4 Å². The second kappa shape index (κ2) is 4.00. The van der Waals surface area contributed by atoms with Gasteiger partial charge in [-0.1, -0.05) is 25.0 Å². The van der Waals surface area contributed by atoms with Crippen molar-refractivity contribution in [3.63, 3.8) is 0 Å². The molecule has 2 heteroatoms. The Balaban J connectivity index is 1.90. The van der Waals surface area contributed by atoms with Gasteiger partial charge in [-0.05, 0) is 37.8 Å². The second-order valence-electron chi connectivity index (χ2n) is 5.14. The molecule has 0 spiro atoms. The number of para-hydroxylation sites is 2. The standard InChI is InChI=1S/C14H20N2/c15-13-7-3-4-8-14(13)16(12-9-10-12)11-5-1-2-6-11/h3-4,7-8,11-12H,1-2,5-6,9-10,15H2. The molecular weight excluding hydrogens is 196 g/mol. The minimum absolute atomic E-state index is 0.747. The van der Waals surface area contributed by atoms with Crippen molar-refractivity contribution in [3.05, 3.63) is 24.3 Å². The van der Waals surface area contributed by atoms with Crippen LogP contribution in [0.25, 0.3) is 0 Å². The van der Waals surface area contributed by atoms with Crippen molar-refractivity contribution in [1.29, 1.82) is 0 Å². The number of anilines is 2. The Bertz CT molecular complexity index is 365. The number of nitrogens with two attached hydrogens (primary N) is 1. The first-order valence-electron chi connectivity index (χ1n) is 6.49. The highest BCUT2D eigenvalue weighted by atomic mass is 15.2. The lowest BCUT2D eigenvalue weighted by atomic mass is 10.1. The molecule has 0 amide bonds. The summed E-state index contributed by atoms with van der Waals surface area (Å²) in [6, 6.07) is 9.87. The molecule has 2 aliphatic carbocycles. The van der Waals surface area contributed by atoms with Crippen LogP contribution in [-0.4, -0.2) is 12.1 Å². The Kier molecular flexibility index (Phi) is 2.50. The summed E-state index contributed by atoms with van der Waals surface area (Å²) in [6.07, 6.45) is 8.19. The maximum atomic E-state index is 6.11. The lowest BCUT2D eigenvalue weighted by Gasteiger charge is -2.32. The average Bonchev–Trinajstić information content (AvgIpc) is 2.97. The highest BCUT2D eigenvalue weighted by molar-refractivity contribution is 5.68. The third-order valence-corrected chi connectivity index (χ3v) is 3.87. The van der Waals surface area contributed by atoms with Gasteiger partial charge in [0.2, 0.25) is 0 Å². The van der Waals surface area contributed by atoms with E-state index in [1.807, 2.05) is 12.1 Å². The third-order valence-electron chi connectivity index (χ3n) is 3.87. The van der Waals surface area contributed by atoms with Gasteiger partial charge in [0.05, 0.1) is 11.4 Å².